The first-order valence-corrected chi connectivity index (χ1v) is 11.1. The molecule has 2 aromatic carbocycles. The molecule has 0 saturated carbocycles. The fraction of sp³-hybridized carbons (Fsp3) is 0.286. The summed E-state index contributed by atoms with van der Waals surface area (Å²) in [6, 6.07) is 13.2. The van der Waals surface area contributed by atoms with Gasteiger partial charge < -0.3 is 10.1 Å². The zero-order chi connectivity index (χ0) is 22.6. The maximum atomic E-state index is 12.6. The summed E-state index contributed by atoms with van der Waals surface area (Å²) in [4.78, 5) is 38.3. The SMILES string of the molecule is CC(C)C(NS(=O)(=O)c1ccccc1)C(=O)OCC(=O)N1CC(=O)Nc2ccccc21. The average Bonchev–Trinajstić information content (AvgIpc) is 2.75. The first-order valence-electron chi connectivity index (χ1n) is 9.62. The van der Waals surface area contributed by atoms with Gasteiger partial charge >= 0.3 is 5.97 Å². The summed E-state index contributed by atoms with van der Waals surface area (Å²) in [7, 11) is -3.95. The minimum atomic E-state index is -3.95. The topological polar surface area (TPSA) is 122 Å². The number of hydrogen-bond donors (Lipinski definition) is 2. The molecule has 1 heterocycles. The number of anilines is 2. The van der Waals surface area contributed by atoms with Gasteiger partial charge in [0.25, 0.3) is 5.91 Å². The van der Waals surface area contributed by atoms with Gasteiger partial charge in [0.15, 0.2) is 6.61 Å². The summed E-state index contributed by atoms with van der Waals surface area (Å²) in [6.45, 7) is 2.48. The minimum absolute atomic E-state index is 0.0143. The second-order valence-corrected chi connectivity index (χ2v) is 9.02. The van der Waals surface area contributed by atoms with Crippen molar-refractivity contribution in [3.63, 3.8) is 0 Å². The van der Waals surface area contributed by atoms with Crippen molar-refractivity contribution >= 4 is 39.2 Å². The van der Waals surface area contributed by atoms with E-state index in [1.54, 1.807) is 56.3 Å². The van der Waals surface area contributed by atoms with E-state index in [0.717, 1.165) is 0 Å². The van der Waals surface area contributed by atoms with Gasteiger partial charge in [0.2, 0.25) is 15.9 Å². The molecular weight excluding hydrogens is 422 g/mol. The summed E-state index contributed by atoms with van der Waals surface area (Å²) in [5.74, 6) is -2.27. The molecule has 1 aliphatic heterocycles. The van der Waals surface area contributed by atoms with E-state index >= 15 is 0 Å². The van der Waals surface area contributed by atoms with Gasteiger partial charge in [-0.1, -0.05) is 44.2 Å². The molecule has 2 N–H and O–H groups in total. The van der Waals surface area contributed by atoms with Crippen LogP contribution in [0.25, 0.3) is 0 Å². The molecule has 0 aromatic heterocycles. The van der Waals surface area contributed by atoms with Crippen molar-refractivity contribution in [3.05, 3.63) is 54.6 Å². The lowest BCUT2D eigenvalue weighted by Crippen LogP contribution is -2.47. The number of carbonyl (C=O) groups is 3. The second-order valence-electron chi connectivity index (χ2n) is 7.31. The number of nitrogens with zero attached hydrogens (tertiary/aromatic N) is 1. The highest BCUT2D eigenvalue weighted by atomic mass is 32.2. The number of nitrogens with one attached hydrogen (secondary N) is 2. The number of hydrogen-bond acceptors (Lipinski definition) is 6. The number of esters is 1. The third kappa shape index (κ3) is 5.28. The van der Waals surface area contributed by atoms with Gasteiger partial charge in [-0.2, -0.15) is 4.72 Å². The molecule has 1 atom stereocenters. The van der Waals surface area contributed by atoms with Crippen molar-refractivity contribution in [2.75, 3.05) is 23.4 Å². The lowest BCUT2D eigenvalue weighted by Gasteiger charge is -2.29. The van der Waals surface area contributed by atoms with Crippen LogP contribution >= 0.6 is 0 Å². The van der Waals surface area contributed by atoms with Crippen molar-refractivity contribution in [3.8, 4) is 0 Å². The number of ether oxygens (including phenoxy) is 1. The molecule has 0 aliphatic carbocycles. The maximum absolute atomic E-state index is 12.6. The van der Waals surface area contributed by atoms with Gasteiger partial charge in [0.05, 0.1) is 16.3 Å². The first kappa shape index (κ1) is 22.4. The summed E-state index contributed by atoms with van der Waals surface area (Å²) in [6.07, 6.45) is 0. The van der Waals surface area contributed by atoms with E-state index in [9.17, 15) is 22.8 Å². The Morgan fingerprint density at radius 3 is 2.42 bits per heavy atom. The Hall–Kier alpha value is -3.24. The van der Waals surface area contributed by atoms with Crippen molar-refractivity contribution in [2.24, 2.45) is 5.92 Å². The van der Waals surface area contributed by atoms with Crippen LogP contribution in [0.4, 0.5) is 11.4 Å². The highest BCUT2D eigenvalue weighted by Crippen LogP contribution is 2.28. The molecule has 0 bridgehead atoms. The van der Waals surface area contributed by atoms with E-state index in [1.165, 1.54) is 17.0 Å². The smallest absolute Gasteiger partial charge is 0.324 e. The van der Waals surface area contributed by atoms with Crippen molar-refractivity contribution in [1.29, 1.82) is 0 Å². The van der Waals surface area contributed by atoms with Gasteiger partial charge in [-0.25, -0.2) is 8.42 Å². The predicted molar refractivity (Wildman–Crippen MR) is 114 cm³/mol. The molecule has 10 heteroatoms. The zero-order valence-electron chi connectivity index (χ0n) is 17.1. The molecule has 1 aliphatic rings. The minimum Gasteiger partial charge on any atom is -0.454 e. The summed E-state index contributed by atoms with van der Waals surface area (Å²) in [5.41, 5.74) is 0.974. The predicted octanol–water partition coefficient (Wildman–Crippen LogP) is 1.52. The highest BCUT2D eigenvalue weighted by molar-refractivity contribution is 7.89. The Bertz CT molecular complexity index is 1090. The van der Waals surface area contributed by atoms with Crippen LogP contribution < -0.4 is 14.9 Å². The quantitative estimate of drug-likeness (QED) is 0.623. The van der Waals surface area contributed by atoms with Gasteiger partial charge in [-0.05, 0) is 30.2 Å². The van der Waals surface area contributed by atoms with Crippen LogP contribution in [-0.4, -0.2) is 45.4 Å². The lowest BCUT2D eigenvalue weighted by atomic mass is 10.1. The number of fused-ring (bicyclic) bond motifs is 1. The molecule has 0 radical (unpaired) electrons. The van der Waals surface area contributed by atoms with Crippen LogP contribution in [0.1, 0.15) is 13.8 Å². The van der Waals surface area contributed by atoms with Gasteiger partial charge in [-0.15, -0.1) is 0 Å². The Morgan fingerprint density at radius 1 is 1.10 bits per heavy atom. The molecule has 0 fully saturated rings. The van der Waals surface area contributed by atoms with Gasteiger partial charge in [-0.3, -0.25) is 19.3 Å². The summed E-state index contributed by atoms with van der Waals surface area (Å²) >= 11 is 0. The van der Waals surface area contributed by atoms with E-state index in [1.807, 2.05) is 0 Å². The lowest BCUT2D eigenvalue weighted by molar-refractivity contribution is -0.150. The largest absolute Gasteiger partial charge is 0.454 e. The molecule has 31 heavy (non-hydrogen) atoms. The Morgan fingerprint density at radius 2 is 1.74 bits per heavy atom. The number of carbonyl (C=O) groups excluding carboxylic acids is 3. The summed E-state index contributed by atoms with van der Waals surface area (Å²) < 4.78 is 32.6. The maximum Gasteiger partial charge on any atom is 0.324 e. The van der Waals surface area contributed by atoms with Crippen LogP contribution in [0.5, 0.6) is 0 Å². The van der Waals surface area contributed by atoms with Crippen LogP contribution in [0, 0.1) is 5.92 Å². The fourth-order valence-corrected chi connectivity index (χ4v) is 4.40. The van der Waals surface area contributed by atoms with Crippen LogP contribution in [-0.2, 0) is 29.1 Å². The molecule has 0 saturated heterocycles. The number of amides is 2. The normalized spacial score (nSPS) is 14.5. The van der Waals surface area contributed by atoms with E-state index in [2.05, 4.69) is 10.0 Å². The number of rotatable bonds is 7. The fourth-order valence-electron chi connectivity index (χ4n) is 3.05. The van der Waals surface area contributed by atoms with E-state index < -0.39 is 40.5 Å². The van der Waals surface area contributed by atoms with Gasteiger partial charge in [0, 0.05) is 0 Å². The molecule has 0 spiro atoms. The van der Waals surface area contributed by atoms with Crippen molar-refractivity contribution in [2.45, 2.75) is 24.8 Å². The standard InChI is InChI=1S/C21H23N3O6S/c1-14(2)20(23-31(28,29)15-8-4-3-5-9-15)21(27)30-13-19(26)24-12-18(25)22-16-10-6-7-11-17(16)24/h3-11,14,20,23H,12-13H2,1-2H3,(H,22,25). The highest BCUT2D eigenvalue weighted by Gasteiger charge is 2.32. The Kier molecular flexibility index (Phi) is 6.71. The number of para-hydroxylation sites is 2. The molecule has 164 valence electrons. The van der Waals surface area contributed by atoms with Crippen molar-refractivity contribution < 1.29 is 27.5 Å². The van der Waals surface area contributed by atoms with Crippen LogP contribution in [0.3, 0.4) is 0 Å². The molecule has 1 unspecified atom stereocenters. The monoisotopic (exact) mass is 445 g/mol. The zero-order valence-corrected chi connectivity index (χ0v) is 17.9. The molecule has 2 aromatic rings. The van der Waals surface area contributed by atoms with Crippen molar-refractivity contribution in [1.82, 2.24) is 4.72 Å². The summed E-state index contributed by atoms with van der Waals surface area (Å²) in [5, 5.41) is 2.67. The van der Waals surface area contributed by atoms with E-state index in [-0.39, 0.29) is 17.3 Å². The number of sulfonamides is 1. The number of benzene rings is 2. The molecule has 9 nitrogen and oxygen atoms in total. The third-order valence-corrected chi connectivity index (χ3v) is 6.12. The van der Waals surface area contributed by atoms with E-state index in [0.29, 0.717) is 11.4 Å². The Balaban J connectivity index is 1.68. The van der Waals surface area contributed by atoms with Crippen LogP contribution in [0.2, 0.25) is 0 Å². The Labute approximate surface area is 180 Å². The first-order chi connectivity index (χ1) is 14.7. The average molecular weight is 445 g/mol. The molecule has 2 amide bonds. The van der Waals surface area contributed by atoms with E-state index in [4.69, 9.17) is 4.74 Å². The van der Waals surface area contributed by atoms with Crippen LogP contribution in [0.15, 0.2) is 59.5 Å². The third-order valence-electron chi connectivity index (χ3n) is 4.67. The molecule has 3 rings (SSSR count). The second kappa shape index (κ2) is 9.27. The molecular formula is C21H23N3O6S. The van der Waals surface area contributed by atoms with Gasteiger partial charge in [0.1, 0.15) is 12.6 Å².